The maximum Gasteiger partial charge on any atom is -0.0257 e. The van der Waals surface area contributed by atoms with Crippen molar-refractivity contribution in [1.82, 2.24) is 0 Å². The minimum absolute atomic E-state index is 0.375. The number of unbranched alkanes of at least 4 members (excludes halogenated alkanes) is 3. The summed E-state index contributed by atoms with van der Waals surface area (Å²) in [6, 6.07) is 0. The molecule has 54 heavy (non-hydrogen) atoms. The van der Waals surface area contributed by atoms with Crippen LogP contribution in [0.2, 0.25) is 0 Å². The summed E-state index contributed by atoms with van der Waals surface area (Å²) in [5.74, 6) is 5.09. The van der Waals surface area contributed by atoms with Crippen LogP contribution in [0.3, 0.4) is 0 Å². The molecule has 0 unspecified atom stereocenters. The third-order valence-corrected chi connectivity index (χ3v) is 10.6. The lowest BCUT2D eigenvalue weighted by atomic mass is 9.56. The van der Waals surface area contributed by atoms with E-state index in [0.717, 1.165) is 35.5 Å². The summed E-state index contributed by atoms with van der Waals surface area (Å²) in [6.07, 6.45) is 7.97. The van der Waals surface area contributed by atoms with Gasteiger partial charge in [-0.25, -0.2) is 0 Å². The van der Waals surface area contributed by atoms with Gasteiger partial charge in [-0.2, -0.15) is 0 Å². The van der Waals surface area contributed by atoms with Crippen LogP contribution in [0, 0.1) is 68.0 Å². The van der Waals surface area contributed by atoms with Crippen LogP contribution in [-0.4, -0.2) is 0 Å². The first-order valence-corrected chi connectivity index (χ1v) is 23.4. The van der Waals surface area contributed by atoms with Crippen molar-refractivity contribution in [2.45, 2.75) is 288 Å². The van der Waals surface area contributed by atoms with Crippen molar-refractivity contribution in [3.05, 3.63) is 0 Å². The molecule has 0 N–H and O–H groups in total. The van der Waals surface area contributed by atoms with E-state index in [1.165, 1.54) is 38.5 Å². The van der Waals surface area contributed by atoms with Crippen LogP contribution in [0.15, 0.2) is 0 Å². The van der Waals surface area contributed by atoms with Crippen LogP contribution in [0.4, 0.5) is 0 Å². The summed E-state index contributed by atoms with van der Waals surface area (Å²) in [5, 5.41) is 0. The van der Waals surface area contributed by atoms with E-state index in [1.54, 1.807) is 0 Å². The zero-order chi connectivity index (χ0) is 46.7. The average molecular weight is 776 g/mol. The highest BCUT2D eigenvalue weighted by Crippen LogP contribution is 2.50. The molecule has 0 nitrogen and oxygen atoms in total. The van der Waals surface area contributed by atoms with Crippen molar-refractivity contribution in [3.8, 4) is 0 Å². The van der Waals surface area contributed by atoms with Gasteiger partial charge >= 0.3 is 0 Å². The van der Waals surface area contributed by atoms with E-state index in [4.69, 9.17) is 0 Å². The predicted molar refractivity (Wildman–Crippen MR) is 268 cm³/mol. The first-order chi connectivity index (χ1) is 23.4. The van der Waals surface area contributed by atoms with Gasteiger partial charge in [0.1, 0.15) is 0 Å². The molecule has 0 fully saturated rings. The quantitative estimate of drug-likeness (QED) is 0.252. The Balaban J connectivity index is -0.0000000619. The van der Waals surface area contributed by atoms with Crippen molar-refractivity contribution in [3.63, 3.8) is 0 Å². The van der Waals surface area contributed by atoms with Gasteiger partial charge in [0.25, 0.3) is 0 Å². The third kappa shape index (κ3) is 76.7. The maximum atomic E-state index is 2.35. The molecule has 0 aromatic carbocycles. The fourth-order valence-electron chi connectivity index (χ4n) is 2.25. The van der Waals surface area contributed by atoms with Gasteiger partial charge in [-0.05, 0) is 68.0 Å². The van der Waals surface area contributed by atoms with Gasteiger partial charge in [-0.3, -0.25) is 0 Å². The van der Waals surface area contributed by atoms with E-state index in [2.05, 4.69) is 249 Å². The van der Waals surface area contributed by atoms with Gasteiger partial charge in [-0.15, -0.1) is 0 Å². The molecular formula is C54H126. The van der Waals surface area contributed by atoms with Crippen LogP contribution in [0.1, 0.15) is 288 Å². The van der Waals surface area contributed by atoms with Crippen LogP contribution in [-0.2, 0) is 0 Å². The van der Waals surface area contributed by atoms with Gasteiger partial charge in [-0.1, -0.05) is 288 Å². The van der Waals surface area contributed by atoms with Crippen LogP contribution in [0.25, 0.3) is 0 Å². The molecule has 0 aliphatic carbocycles. The zero-order valence-corrected chi connectivity index (χ0v) is 46.7. The summed E-state index contributed by atoms with van der Waals surface area (Å²) >= 11 is 0. The minimum atomic E-state index is 0.375. The van der Waals surface area contributed by atoms with Crippen molar-refractivity contribution < 1.29 is 0 Å². The van der Waals surface area contributed by atoms with Crippen molar-refractivity contribution in [2.24, 2.45) is 68.0 Å². The molecule has 342 valence electrons. The van der Waals surface area contributed by atoms with Crippen LogP contribution < -0.4 is 0 Å². The fourth-order valence-corrected chi connectivity index (χ4v) is 2.25. The predicted octanol–water partition coefficient (Wildman–Crippen LogP) is 21.6. The normalized spacial score (nSPS) is 11.7. The third-order valence-electron chi connectivity index (χ3n) is 10.6. The molecular weight excluding hydrogens is 649 g/mol. The highest BCUT2D eigenvalue weighted by Gasteiger charge is 2.42. The molecule has 0 radical (unpaired) electrons. The summed E-state index contributed by atoms with van der Waals surface area (Å²) < 4.78 is 0. The Morgan fingerprint density at radius 2 is 0.463 bits per heavy atom. The highest BCUT2D eigenvalue weighted by atomic mass is 14.5. The molecule has 0 heteroatoms. The Labute approximate surface area is 354 Å². The lowest BCUT2D eigenvalue weighted by molar-refractivity contribution is 0.00575. The summed E-state index contributed by atoms with van der Waals surface area (Å²) in [6.45, 7) is 80.9. The maximum absolute atomic E-state index is 2.35. The van der Waals surface area contributed by atoms with E-state index < -0.39 is 0 Å². The largest absolute Gasteiger partial charge is 0.0656 e. The topological polar surface area (TPSA) is 0 Å². The number of hydrogen-bond donors (Lipinski definition) is 0. The zero-order valence-electron chi connectivity index (χ0n) is 46.7. The van der Waals surface area contributed by atoms with Gasteiger partial charge in [0.05, 0.1) is 0 Å². The lowest BCUT2D eigenvalue weighted by Gasteiger charge is -2.49. The number of hydrogen-bond acceptors (Lipinski definition) is 0. The molecule has 0 aliphatic heterocycles. The SMILES string of the molecule is CC(C)(C)C.CC(C)(C)C(C)(C)C.CC(C)(C)C(C)(C)C(C)(C)C.CC(C)C.CC(C)C(C)C.CC(C)C(C)C(C)C.CCC.CCCC.CCCCC. The van der Waals surface area contributed by atoms with E-state index in [9.17, 15) is 0 Å². The second-order valence-electron chi connectivity index (χ2n) is 24.3. The van der Waals surface area contributed by atoms with E-state index in [0.29, 0.717) is 32.5 Å². The minimum Gasteiger partial charge on any atom is -0.0656 e. The first kappa shape index (κ1) is 74.9. The summed E-state index contributed by atoms with van der Waals surface area (Å²) in [7, 11) is 0. The molecule has 0 spiro atoms. The lowest BCUT2D eigenvalue weighted by Crippen LogP contribution is -2.41. The van der Waals surface area contributed by atoms with Gasteiger partial charge in [0.2, 0.25) is 0 Å². The van der Waals surface area contributed by atoms with Gasteiger partial charge < -0.3 is 0 Å². The Hall–Kier alpha value is 0. The molecule has 0 aromatic rings. The Bertz CT molecular complexity index is 593. The van der Waals surface area contributed by atoms with E-state index in [1.807, 2.05) is 0 Å². The Morgan fingerprint density at radius 1 is 0.296 bits per heavy atom. The van der Waals surface area contributed by atoms with Gasteiger partial charge in [0, 0.05) is 0 Å². The van der Waals surface area contributed by atoms with E-state index >= 15 is 0 Å². The molecule has 0 atom stereocenters. The Kier molecular flexibility index (Phi) is 55.2. The van der Waals surface area contributed by atoms with Crippen molar-refractivity contribution >= 4 is 0 Å². The molecule has 0 saturated carbocycles. The monoisotopic (exact) mass is 775 g/mol. The number of rotatable bonds is 6. The second-order valence-corrected chi connectivity index (χ2v) is 24.3. The Morgan fingerprint density at radius 3 is 0.463 bits per heavy atom. The van der Waals surface area contributed by atoms with Crippen LogP contribution in [0.5, 0.6) is 0 Å². The van der Waals surface area contributed by atoms with Gasteiger partial charge in [0.15, 0.2) is 0 Å². The van der Waals surface area contributed by atoms with E-state index in [-0.39, 0.29) is 0 Å². The molecule has 0 aliphatic rings. The van der Waals surface area contributed by atoms with Crippen molar-refractivity contribution in [2.75, 3.05) is 0 Å². The molecule has 0 aromatic heterocycles. The fraction of sp³-hybridized carbons (Fsp3) is 1.00. The average Bonchev–Trinajstić information content (AvgIpc) is 2.91. The highest BCUT2D eigenvalue weighted by molar-refractivity contribution is 4.91. The molecule has 0 amide bonds. The standard InChI is InChI=1S/C11H24.2C8H18.C6H14.2C5H12.2C4H10.C3H8/c1-9(2,3)11(7,8)10(4,5)6;1-7(2,3)8(4,5)6;1-6(2)8(5)7(3)4;1-5(2)6(3)4;1-5(2,3)4;1-3-5-4-2;1-4(2)3;1-3-4-2;1-3-2/h1-8H3;1-6H3;6-8H,1-5H3;5-6H,1-4H3;1-4H3;3-5H2,1-2H3;4H,1-3H3;3-4H2,1-2H3;3H2,1-2H3. The molecule has 0 saturated heterocycles. The smallest absolute Gasteiger partial charge is 0.0257 e. The summed E-state index contributed by atoms with van der Waals surface area (Å²) in [4.78, 5) is 0. The molecule has 0 rings (SSSR count). The molecule has 0 bridgehead atoms. The first-order valence-electron chi connectivity index (χ1n) is 23.4. The molecule has 0 heterocycles. The van der Waals surface area contributed by atoms with Crippen LogP contribution >= 0.6 is 0 Å². The second kappa shape index (κ2) is 39.8. The van der Waals surface area contributed by atoms with Crippen molar-refractivity contribution in [1.29, 1.82) is 0 Å². The summed E-state index contributed by atoms with van der Waals surface area (Å²) in [5.41, 5.74) is 2.51.